The van der Waals surface area contributed by atoms with Crippen LogP contribution >= 0.6 is 0 Å². The number of hydrogen-bond donors (Lipinski definition) is 0. The van der Waals surface area contributed by atoms with E-state index in [0.29, 0.717) is 0 Å². The summed E-state index contributed by atoms with van der Waals surface area (Å²) in [6.45, 7) is 1.22. The first-order chi connectivity index (χ1) is 6.43. The molecule has 1 fully saturated rings. The summed E-state index contributed by atoms with van der Waals surface area (Å²) in [7, 11) is 2.92. The summed E-state index contributed by atoms with van der Waals surface area (Å²) in [5.74, 6) is -1.22. The molecule has 0 spiro atoms. The molecule has 1 atom stereocenters. The maximum atomic E-state index is 11.5. The molecule has 0 aromatic rings. The van der Waals surface area contributed by atoms with Crippen molar-refractivity contribution in [3.8, 4) is 0 Å². The number of ether oxygens (including phenoxy) is 1. The molecule has 1 unspecified atom stereocenters. The van der Waals surface area contributed by atoms with E-state index in [2.05, 4.69) is 0 Å². The van der Waals surface area contributed by atoms with Crippen LogP contribution in [0.15, 0.2) is 0 Å². The summed E-state index contributed by atoms with van der Waals surface area (Å²) < 4.78 is 4.73. The topological polar surface area (TPSA) is 66.9 Å². The van der Waals surface area contributed by atoms with Crippen molar-refractivity contribution in [3.63, 3.8) is 0 Å². The second kappa shape index (κ2) is 3.65. The molecular weight excluding hydrogens is 188 g/mol. The van der Waals surface area contributed by atoms with Crippen LogP contribution in [-0.4, -0.2) is 54.5 Å². The molecular formula is C8H12N2O4. The lowest BCUT2D eigenvalue weighted by Crippen LogP contribution is -2.58. The van der Waals surface area contributed by atoms with Crippen LogP contribution in [0.2, 0.25) is 0 Å². The number of carbonyl (C=O) groups excluding carboxylic acids is 3. The van der Waals surface area contributed by atoms with Crippen molar-refractivity contribution in [2.45, 2.75) is 13.2 Å². The van der Waals surface area contributed by atoms with Gasteiger partial charge in [-0.05, 0) is 0 Å². The fourth-order valence-electron chi connectivity index (χ4n) is 1.16. The van der Waals surface area contributed by atoms with Crippen molar-refractivity contribution in [2.24, 2.45) is 0 Å². The van der Waals surface area contributed by atoms with E-state index < -0.39 is 12.2 Å². The highest BCUT2D eigenvalue weighted by Gasteiger charge is 2.37. The van der Waals surface area contributed by atoms with E-state index in [0.717, 1.165) is 4.90 Å². The Kier molecular flexibility index (Phi) is 2.73. The van der Waals surface area contributed by atoms with E-state index in [-0.39, 0.29) is 18.4 Å². The van der Waals surface area contributed by atoms with Crippen LogP contribution in [0.3, 0.4) is 0 Å². The highest BCUT2D eigenvalue weighted by Crippen LogP contribution is 2.10. The van der Waals surface area contributed by atoms with Crippen molar-refractivity contribution in [1.82, 2.24) is 9.80 Å². The van der Waals surface area contributed by atoms with Gasteiger partial charge in [0.1, 0.15) is 0 Å². The number of likely N-dealkylation sites (N-methyl/N-ethyl adjacent to an activating group) is 2. The van der Waals surface area contributed by atoms with Crippen LogP contribution in [0.5, 0.6) is 0 Å². The van der Waals surface area contributed by atoms with E-state index in [1.807, 2.05) is 0 Å². The Morgan fingerprint density at radius 1 is 1.43 bits per heavy atom. The average Bonchev–Trinajstić information content (AvgIpc) is 2.09. The average molecular weight is 200 g/mol. The molecule has 78 valence electrons. The number of rotatable bonds is 1. The third kappa shape index (κ3) is 1.84. The lowest BCUT2D eigenvalue weighted by atomic mass is 10.3. The molecule has 0 N–H and O–H groups in total. The standard InChI is InChI=1S/C8H12N2O4/c1-5(11)14-8-7(13)9(2)4-6(12)10(8)3/h8H,4H2,1-3H3. The maximum absolute atomic E-state index is 11.5. The zero-order valence-electron chi connectivity index (χ0n) is 8.31. The summed E-state index contributed by atoms with van der Waals surface area (Å²) in [5.41, 5.74) is 0. The fraction of sp³-hybridized carbons (Fsp3) is 0.625. The predicted molar refractivity (Wildman–Crippen MR) is 46.0 cm³/mol. The van der Waals surface area contributed by atoms with E-state index in [1.165, 1.54) is 25.9 Å². The van der Waals surface area contributed by atoms with E-state index in [1.54, 1.807) is 0 Å². The highest BCUT2D eigenvalue weighted by molar-refractivity contribution is 5.94. The first-order valence-corrected chi connectivity index (χ1v) is 4.11. The Labute approximate surface area is 81.4 Å². The molecule has 14 heavy (non-hydrogen) atoms. The smallest absolute Gasteiger partial charge is 0.304 e. The second-order valence-corrected chi connectivity index (χ2v) is 3.16. The van der Waals surface area contributed by atoms with Gasteiger partial charge in [0, 0.05) is 21.0 Å². The minimum absolute atomic E-state index is 0.0209. The van der Waals surface area contributed by atoms with Crippen LogP contribution in [0.1, 0.15) is 6.92 Å². The first-order valence-electron chi connectivity index (χ1n) is 4.11. The van der Waals surface area contributed by atoms with Crippen LogP contribution in [0.4, 0.5) is 0 Å². The van der Waals surface area contributed by atoms with Crippen molar-refractivity contribution in [2.75, 3.05) is 20.6 Å². The van der Waals surface area contributed by atoms with Gasteiger partial charge < -0.3 is 14.5 Å². The zero-order chi connectivity index (χ0) is 10.9. The molecule has 0 radical (unpaired) electrons. The lowest BCUT2D eigenvalue weighted by Gasteiger charge is -2.35. The van der Waals surface area contributed by atoms with Gasteiger partial charge in [0.25, 0.3) is 12.1 Å². The second-order valence-electron chi connectivity index (χ2n) is 3.16. The third-order valence-electron chi connectivity index (χ3n) is 1.98. The molecule has 6 heteroatoms. The lowest BCUT2D eigenvalue weighted by molar-refractivity contribution is -0.180. The molecule has 1 aliphatic heterocycles. The molecule has 0 aliphatic carbocycles. The van der Waals surface area contributed by atoms with Crippen LogP contribution in [0, 0.1) is 0 Å². The van der Waals surface area contributed by atoms with Gasteiger partial charge in [-0.25, -0.2) is 0 Å². The molecule has 0 saturated carbocycles. The van der Waals surface area contributed by atoms with Gasteiger partial charge in [0.05, 0.1) is 6.54 Å². The molecule has 1 aliphatic rings. The van der Waals surface area contributed by atoms with Crippen molar-refractivity contribution >= 4 is 17.8 Å². The Bertz CT molecular complexity index is 289. The van der Waals surface area contributed by atoms with Gasteiger partial charge in [-0.2, -0.15) is 0 Å². The van der Waals surface area contributed by atoms with Gasteiger partial charge in [-0.3, -0.25) is 14.4 Å². The highest BCUT2D eigenvalue weighted by atomic mass is 16.6. The number of carbonyl (C=O) groups is 3. The molecule has 1 heterocycles. The van der Waals surface area contributed by atoms with E-state index in [4.69, 9.17) is 4.74 Å². The summed E-state index contributed by atoms with van der Waals surface area (Å²) in [6, 6.07) is 0. The Balaban J connectivity index is 2.82. The number of nitrogens with zero attached hydrogens (tertiary/aromatic N) is 2. The Morgan fingerprint density at radius 2 is 2.00 bits per heavy atom. The minimum atomic E-state index is -1.11. The number of amides is 2. The molecule has 1 rings (SSSR count). The monoisotopic (exact) mass is 200 g/mol. The van der Waals surface area contributed by atoms with Crippen LogP contribution in [0.25, 0.3) is 0 Å². The molecule has 0 bridgehead atoms. The quantitative estimate of drug-likeness (QED) is 0.499. The SMILES string of the molecule is CC(=O)OC1C(=O)N(C)CC(=O)N1C. The number of piperazine rings is 1. The zero-order valence-corrected chi connectivity index (χ0v) is 8.31. The normalized spacial score (nSPS) is 22.6. The van der Waals surface area contributed by atoms with Crippen molar-refractivity contribution < 1.29 is 19.1 Å². The van der Waals surface area contributed by atoms with Crippen molar-refractivity contribution in [3.05, 3.63) is 0 Å². The van der Waals surface area contributed by atoms with Gasteiger partial charge in [0.15, 0.2) is 0 Å². The molecule has 6 nitrogen and oxygen atoms in total. The molecule has 0 aromatic heterocycles. The Morgan fingerprint density at radius 3 is 2.50 bits per heavy atom. The predicted octanol–water partition coefficient (Wildman–Crippen LogP) is -1.19. The van der Waals surface area contributed by atoms with E-state index >= 15 is 0 Å². The molecule has 2 amide bonds. The first kappa shape index (κ1) is 10.5. The Hall–Kier alpha value is -1.59. The maximum Gasteiger partial charge on any atom is 0.304 e. The third-order valence-corrected chi connectivity index (χ3v) is 1.98. The van der Waals surface area contributed by atoms with Crippen LogP contribution < -0.4 is 0 Å². The van der Waals surface area contributed by atoms with Gasteiger partial charge in [0.2, 0.25) is 5.91 Å². The minimum Gasteiger partial charge on any atom is -0.432 e. The van der Waals surface area contributed by atoms with Crippen molar-refractivity contribution in [1.29, 1.82) is 0 Å². The van der Waals surface area contributed by atoms with E-state index in [9.17, 15) is 14.4 Å². The summed E-state index contributed by atoms with van der Waals surface area (Å²) >= 11 is 0. The molecule has 0 aromatic carbocycles. The van der Waals surface area contributed by atoms with Crippen LogP contribution in [-0.2, 0) is 19.1 Å². The van der Waals surface area contributed by atoms with Gasteiger partial charge >= 0.3 is 5.97 Å². The summed E-state index contributed by atoms with van der Waals surface area (Å²) in [5, 5.41) is 0. The fourth-order valence-corrected chi connectivity index (χ4v) is 1.16. The number of esters is 1. The molecule has 1 saturated heterocycles. The summed E-state index contributed by atoms with van der Waals surface area (Å²) in [6.07, 6.45) is -1.11. The van der Waals surface area contributed by atoms with Gasteiger partial charge in [-0.15, -0.1) is 0 Å². The number of hydrogen-bond acceptors (Lipinski definition) is 4. The van der Waals surface area contributed by atoms with Gasteiger partial charge in [-0.1, -0.05) is 0 Å². The largest absolute Gasteiger partial charge is 0.432 e. The summed E-state index contributed by atoms with van der Waals surface area (Å²) in [4.78, 5) is 35.8.